The van der Waals surface area contributed by atoms with Crippen molar-refractivity contribution >= 4 is 52.3 Å². The first-order valence-corrected chi connectivity index (χ1v) is 10.9. The zero-order chi connectivity index (χ0) is 21.6. The van der Waals surface area contributed by atoms with Gasteiger partial charge < -0.3 is 4.90 Å². The van der Waals surface area contributed by atoms with Crippen molar-refractivity contribution in [2.45, 2.75) is 16.2 Å². The van der Waals surface area contributed by atoms with Crippen LogP contribution in [0.2, 0.25) is 0 Å². The van der Waals surface area contributed by atoms with Gasteiger partial charge in [-0.25, -0.2) is 0 Å². The summed E-state index contributed by atoms with van der Waals surface area (Å²) in [6.45, 7) is 0.505. The van der Waals surface area contributed by atoms with Crippen LogP contribution in [0, 0.1) is 0 Å². The third kappa shape index (κ3) is 5.04. The number of amides is 2. The zero-order valence-electron chi connectivity index (χ0n) is 16.5. The Morgan fingerprint density at radius 1 is 0.806 bits per heavy atom. The molecule has 0 atom stereocenters. The fraction of sp³-hybridized carbons (Fsp3) is 0.0870. The van der Waals surface area contributed by atoms with Gasteiger partial charge in [0, 0.05) is 28.3 Å². The maximum absolute atomic E-state index is 12.4. The van der Waals surface area contributed by atoms with Crippen molar-refractivity contribution in [3.8, 4) is 0 Å². The summed E-state index contributed by atoms with van der Waals surface area (Å²) < 4.78 is 0. The van der Waals surface area contributed by atoms with E-state index in [1.54, 1.807) is 36.0 Å². The molecule has 3 aromatic rings. The van der Waals surface area contributed by atoms with Gasteiger partial charge in [-0.2, -0.15) is 0 Å². The number of nitrogens with zero attached hydrogens (tertiary/aromatic N) is 1. The topological polar surface area (TPSA) is 73.5 Å². The van der Waals surface area contributed by atoms with E-state index in [1.165, 1.54) is 0 Å². The molecule has 156 valence electrons. The number of rotatable bonds is 4. The number of nitrogens with one attached hydrogen (secondary N) is 3. The van der Waals surface area contributed by atoms with Crippen LogP contribution in [0.25, 0.3) is 0 Å². The van der Waals surface area contributed by atoms with E-state index < -0.39 is 0 Å². The number of carbonyl (C=O) groups is 2. The molecule has 0 spiro atoms. The lowest BCUT2D eigenvalue weighted by molar-refractivity contribution is -0.121. The van der Waals surface area contributed by atoms with Gasteiger partial charge in [-0.1, -0.05) is 54.2 Å². The second-order valence-electron chi connectivity index (χ2n) is 6.76. The summed E-state index contributed by atoms with van der Waals surface area (Å²) in [5, 5.41) is 2.57. The Balaban J connectivity index is 1.32. The summed E-state index contributed by atoms with van der Waals surface area (Å²) in [5.41, 5.74) is 7.78. The van der Waals surface area contributed by atoms with Gasteiger partial charge in [0.2, 0.25) is 5.91 Å². The van der Waals surface area contributed by atoms with E-state index in [2.05, 4.69) is 45.3 Å². The van der Waals surface area contributed by atoms with E-state index in [9.17, 15) is 9.59 Å². The molecule has 6 nitrogen and oxygen atoms in total. The molecule has 8 heteroatoms. The van der Waals surface area contributed by atoms with E-state index in [0.29, 0.717) is 12.1 Å². The number of carbonyl (C=O) groups excluding carboxylic acids is 2. The standard InChI is InChI=1S/C23H20N4O2S2/c28-21(25-26-23(30)24-22(29)16-8-2-1-3-9-16)14-15-27-17-10-4-6-12-19(17)31-20-13-7-5-11-18(20)27/h1-13H,14-15H2,(H,25,28)(H2,24,26,29,30). The van der Waals surface area contributed by atoms with E-state index >= 15 is 0 Å². The molecule has 3 N–H and O–H groups in total. The molecule has 3 aromatic carbocycles. The van der Waals surface area contributed by atoms with Crippen LogP contribution in [0.1, 0.15) is 16.8 Å². The van der Waals surface area contributed by atoms with Gasteiger partial charge in [0.15, 0.2) is 5.11 Å². The first-order valence-electron chi connectivity index (χ1n) is 9.70. The minimum absolute atomic E-state index is 0.0345. The van der Waals surface area contributed by atoms with Gasteiger partial charge >= 0.3 is 0 Å². The highest BCUT2D eigenvalue weighted by atomic mass is 32.2. The predicted molar refractivity (Wildman–Crippen MR) is 126 cm³/mol. The highest BCUT2D eigenvalue weighted by Crippen LogP contribution is 2.47. The van der Waals surface area contributed by atoms with Crippen molar-refractivity contribution in [1.82, 2.24) is 16.2 Å². The number of para-hydroxylation sites is 2. The lowest BCUT2D eigenvalue weighted by Crippen LogP contribution is -2.48. The van der Waals surface area contributed by atoms with Crippen molar-refractivity contribution in [1.29, 1.82) is 0 Å². The lowest BCUT2D eigenvalue weighted by atomic mass is 10.2. The van der Waals surface area contributed by atoms with Crippen LogP contribution < -0.4 is 21.1 Å². The molecule has 1 aliphatic heterocycles. The van der Waals surface area contributed by atoms with E-state index in [1.807, 2.05) is 30.3 Å². The SMILES string of the molecule is O=C(CCN1c2ccccc2Sc2ccccc21)NNC(=S)NC(=O)c1ccccc1. The van der Waals surface area contributed by atoms with Gasteiger partial charge in [0.05, 0.1) is 11.4 Å². The first-order chi connectivity index (χ1) is 15.1. The number of hydrogen-bond acceptors (Lipinski definition) is 5. The third-order valence-electron chi connectivity index (χ3n) is 4.67. The highest BCUT2D eigenvalue weighted by molar-refractivity contribution is 7.99. The normalized spacial score (nSPS) is 11.7. The minimum atomic E-state index is -0.341. The quantitative estimate of drug-likeness (QED) is 0.414. The van der Waals surface area contributed by atoms with E-state index in [0.717, 1.165) is 21.2 Å². The molecule has 0 saturated heterocycles. The fourth-order valence-corrected chi connectivity index (χ4v) is 4.46. The van der Waals surface area contributed by atoms with Gasteiger partial charge in [0.25, 0.3) is 5.91 Å². The largest absolute Gasteiger partial charge is 0.339 e. The Labute approximate surface area is 190 Å². The predicted octanol–water partition coefficient (Wildman–Crippen LogP) is 4.02. The molecular formula is C23H20N4O2S2. The maximum atomic E-state index is 12.4. The first kappa shape index (κ1) is 20.9. The number of hydrazine groups is 1. The van der Waals surface area contributed by atoms with Crippen LogP contribution in [-0.4, -0.2) is 23.5 Å². The van der Waals surface area contributed by atoms with Crippen LogP contribution in [0.5, 0.6) is 0 Å². The summed E-state index contributed by atoms with van der Waals surface area (Å²) in [7, 11) is 0. The number of benzene rings is 3. The molecule has 4 rings (SSSR count). The van der Waals surface area contributed by atoms with Crippen molar-refractivity contribution in [2.75, 3.05) is 11.4 Å². The molecule has 0 aromatic heterocycles. The van der Waals surface area contributed by atoms with Gasteiger partial charge in [-0.15, -0.1) is 0 Å². The maximum Gasteiger partial charge on any atom is 0.257 e. The lowest BCUT2D eigenvalue weighted by Gasteiger charge is -2.32. The van der Waals surface area contributed by atoms with Crippen LogP contribution in [0.4, 0.5) is 11.4 Å². The zero-order valence-corrected chi connectivity index (χ0v) is 18.1. The summed E-state index contributed by atoms with van der Waals surface area (Å²) in [6.07, 6.45) is 0.246. The van der Waals surface area contributed by atoms with Crippen molar-refractivity contribution < 1.29 is 9.59 Å². The summed E-state index contributed by atoms with van der Waals surface area (Å²) in [5.74, 6) is -0.573. The Kier molecular flexibility index (Phi) is 6.49. The number of anilines is 2. The summed E-state index contributed by atoms with van der Waals surface area (Å²) in [4.78, 5) is 29.0. The van der Waals surface area contributed by atoms with E-state index in [-0.39, 0.29) is 23.3 Å². The van der Waals surface area contributed by atoms with Gasteiger partial charge in [0.1, 0.15) is 0 Å². The second-order valence-corrected chi connectivity index (χ2v) is 8.25. The monoisotopic (exact) mass is 448 g/mol. The fourth-order valence-electron chi connectivity index (χ4n) is 3.22. The molecule has 0 unspecified atom stereocenters. The molecule has 0 bridgehead atoms. The smallest absolute Gasteiger partial charge is 0.257 e. The Bertz CT molecular complexity index is 1080. The van der Waals surface area contributed by atoms with Crippen LogP contribution in [0.15, 0.2) is 88.7 Å². The third-order valence-corrected chi connectivity index (χ3v) is 6.01. The van der Waals surface area contributed by atoms with Crippen molar-refractivity contribution in [3.05, 3.63) is 84.4 Å². The number of fused-ring (bicyclic) bond motifs is 2. The molecule has 0 aliphatic carbocycles. The van der Waals surface area contributed by atoms with E-state index in [4.69, 9.17) is 12.2 Å². The molecule has 2 amide bonds. The summed E-state index contributed by atoms with van der Waals surface area (Å²) in [6, 6.07) is 25.0. The minimum Gasteiger partial charge on any atom is -0.339 e. The molecule has 0 saturated carbocycles. The van der Waals surface area contributed by atoms with Crippen LogP contribution in [-0.2, 0) is 4.79 Å². The Morgan fingerprint density at radius 2 is 1.39 bits per heavy atom. The Morgan fingerprint density at radius 3 is 2.03 bits per heavy atom. The number of thiocarbonyl (C=S) groups is 1. The average molecular weight is 449 g/mol. The molecular weight excluding hydrogens is 428 g/mol. The molecule has 1 heterocycles. The van der Waals surface area contributed by atoms with Gasteiger partial charge in [-0.3, -0.25) is 25.8 Å². The van der Waals surface area contributed by atoms with Crippen LogP contribution in [0.3, 0.4) is 0 Å². The second kappa shape index (κ2) is 9.63. The molecule has 0 fully saturated rings. The molecule has 31 heavy (non-hydrogen) atoms. The number of hydrogen-bond donors (Lipinski definition) is 3. The highest BCUT2D eigenvalue weighted by Gasteiger charge is 2.23. The molecule has 1 aliphatic rings. The molecule has 0 radical (unpaired) electrons. The van der Waals surface area contributed by atoms with Crippen LogP contribution >= 0.6 is 24.0 Å². The van der Waals surface area contributed by atoms with Gasteiger partial charge in [-0.05, 0) is 48.6 Å². The Hall–Kier alpha value is -3.36. The van der Waals surface area contributed by atoms with Crippen molar-refractivity contribution in [2.24, 2.45) is 0 Å². The average Bonchev–Trinajstić information content (AvgIpc) is 2.81. The van der Waals surface area contributed by atoms with Crippen molar-refractivity contribution in [3.63, 3.8) is 0 Å². The summed E-state index contributed by atoms with van der Waals surface area (Å²) >= 11 is 6.82.